The average molecular weight is 530 g/mol. The van der Waals surface area contributed by atoms with Crippen LogP contribution in [0.4, 0.5) is 0 Å². The van der Waals surface area contributed by atoms with E-state index in [1.807, 2.05) is 37.6 Å². The Labute approximate surface area is 225 Å². The highest BCUT2D eigenvalue weighted by Crippen LogP contribution is 2.43. The Morgan fingerprint density at radius 1 is 1.08 bits per heavy atom. The van der Waals surface area contributed by atoms with E-state index in [9.17, 15) is 15.0 Å². The number of rotatable bonds is 6. The molecule has 4 aromatic rings. The fourth-order valence-electron chi connectivity index (χ4n) is 5.44. The molecule has 2 aliphatic rings. The van der Waals surface area contributed by atoms with Crippen LogP contribution in [0, 0.1) is 0 Å². The maximum absolute atomic E-state index is 13.3. The number of ether oxygens (including phenoxy) is 2. The van der Waals surface area contributed by atoms with E-state index in [2.05, 4.69) is 26.5 Å². The number of methoxy groups -OCH3 is 1. The highest BCUT2D eigenvalue weighted by molar-refractivity contribution is 6.17. The molecular formula is C29H31N5O5. The molecule has 10 nitrogen and oxygen atoms in total. The summed E-state index contributed by atoms with van der Waals surface area (Å²) in [5.41, 5.74) is 3.64. The minimum Gasteiger partial charge on any atom is -0.508 e. The first-order valence-electron chi connectivity index (χ1n) is 12.9. The third-order valence-electron chi connectivity index (χ3n) is 7.54. The zero-order valence-corrected chi connectivity index (χ0v) is 22.2. The van der Waals surface area contributed by atoms with Crippen molar-refractivity contribution in [1.82, 2.24) is 24.1 Å². The summed E-state index contributed by atoms with van der Waals surface area (Å²) < 4.78 is 15.5. The second kappa shape index (κ2) is 9.79. The van der Waals surface area contributed by atoms with Crippen molar-refractivity contribution < 1.29 is 24.5 Å². The first kappa shape index (κ1) is 25.0. The Balaban J connectivity index is 1.50. The van der Waals surface area contributed by atoms with Crippen molar-refractivity contribution >= 4 is 22.8 Å². The number of ketones is 1. The zero-order chi connectivity index (χ0) is 27.3. The van der Waals surface area contributed by atoms with Gasteiger partial charge in [-0.15, -0.1) is 0 Å². The summed E-state index contributed by atoms with van der Waals surface area (Å²) in [7, 11) is 5.65. The third-order valence-corrected chi connectivity index (χ3v) is 7.54. The summed E-state index contributed by atoms with van der Waals surface area (Å²) in [5, 5.41) is 25.6. The van der Waals surface area contributed by atoms with Crippen LogP contribution in [-0.4, -0.2) is 87.0 Å². The fourth-order valence-corrected chi connectivity index (χ4v) is 5.44. The monoisotopic (exact) mass is 529 g/mol. The number of fused-ring (bicyclic) bond motifs is 2. The van der Waals surface area contributed by atoms with Crippen LogP contribution >= 0.6 is 0 Å². The van der Waals surface area contributed by atoms with Crippen LogP contribution < -0.4 is 9.47 Å². The lowest BCUT2D eigenvalue weighted by molar-refractivity contribution is 0.101. The molecule has 10 heteroatoms. The van der Waals surface area contributed by atoms with E-state index in [1.54, 1.807) is 17.9 Å². The highest BCUT2D eigenvalue weighted by Gasteiger charge is 2.32. The molecule has 1 fully saturated rings. The number of phenolic OH excluding ortho intramolecular Hbond substituents is 2. The number of carbonyl (C=O) groups is 1. The summed E-state index contributed by atoms with van der Waals surface area (Å²) in [6.45, 7) is 5.72. The summed E-state index contributed by atoms with van der Waals surface area (Å²) in [4.78, 5) is 18.1. The molecule has 39 heavy (non-hydrogen) atoms. The lowest BCUT2D eigenvalue weighted by atomic mass is 10.0. The topological polar surface area (TPSA) is 105 Å². The minimum absolute atomic E-state index is 0.0402. The molecule has 2 aromatic carbocycles. The average Bonchev–Trinajstić information content (AvgIpc) is 3.57. The lowest BCUT2D eigenvalue weighted by Crippen LogP contribution is -2.45. The number of allylic oxidation sites excluding steroid dienone is 1. The van der Waals surface area contributed by atoms with Crippen molar-refractivity contribution in [3.63, 3.8) is 0 Å². The van der Waals surface area contributed by atoms with Crippen molar-refractivity contribution in [3.05, 3.63) is 59.6 Å². The van der Waals surface area contributed by atoms with Crippen molar-refractivity contribution in [2.75, 3.05) is 46.9 Å². The molecule has 0 saturated carbocycles. The molecule has 0 atom stereocenters. The van der Waals surface area contributed by atoms with Crippen molar-refractivity contribution in [3.8, 4) is 34.3 Å². The highest BCUT2D eigenvalue weighted by atomic mass is 16.5. The van der Waals surface area contributed by atoms with Crippen molar-refractivity contribution in [2.45, 2.75) is 6.54 Å². The predicted octanol–water partition coefficient (Wildman–Crippen LogP) is 3.33. The third kappa shape index (κ3) is 4.51. The number of likely N-dealkylation sites (N-methyl/N-ethyl adjacent to an activating group) is 1. The predicted molar refractivity (Wildman–Crippen MR) is 147 cm³/mol. The van der Waals surface area contributed by atoms with Gasteiger partial charge in [0.2, 0.25) is 5.78 Å². The maximum Gasteiger partial charge on any atom is 0.235 e. The van der Waals surface area contributed by atoms with Gasteiger partial charge in [0.05, 0.1) is 19.0 Å². The van der Waals surface area contributed by atoms with Gasteiger partial charge in [-0.2, -0.15) is 5.10 Å². The van der Waals surface area contributed by atoms with Crippen LogP contribution in [0.3, 0.4) is 0 Å². The number of benzene rings is 2. The van der Waals surface area contributed by atoms with Gasteiger partial charge in [0.15, 0.2) is 5.76 Å². The molecule has 202 valence electrons. The number of hydrogen-bond acceptors (Lipinski definition) is 8. The number of Topliss-reactive ketones (excluding diaryl/α,β-unsaturated/α-hetero) is 1. The Morgan fingerprint density at radius 3 is 2.59 bits per heavy atom. The molecule has 0 bridgehead atoms. The van der Waals surface area contributed by atoms with Gasteiger partial charge in [-0.3, -0.25) is 14.4 Å². The molecule has 1 saturated heterocycles. The number of phenols is 2. The van der Waals surface area contributed by atoms with Gasteiger partial charge in [0, 0.05) is 86.7 Å². The summed E-state index contributed by atoms with van der Waals surface area (Å²) >= 11 is 0. The first-order chi connectivity index (χ1) is 18.8. The first-order valence-corrected chi connectivity index (χ1v) is 12.9. The van der Waals surface area contributed by atoms with Gasteiger partial charge in [0.25, 0.3) is 0 Å². The van der Waals surface area contributed by atoms with E-state index >= 15 is 0 Å². The van der Waals surface area contributed by atoms with Crippen LogP contribution in [0.25, 0.3) is 28.2 Å². The molecule has 0 unspecified atom stereocenters. The van der Waals surface area contributed by atoms with Crippen molar-refractivity contribution in [2.24, 2.45) is 7.05 Å². The van der Waals surface area contributed by atoms with Gasteiger partial charge >= 0.3 is 0 Å². The number of hydrogen-bond donors (Lipinski definition) is 2. The van der Waals surface area contributed by atoms with Gasteiger partial charge in [0.1, 0.15) is 28.6 Å². The smallest absolute Gasteiger partial charge is 0.235 e. The lowest BCUT2D eigenvalue weighted by Gasteiger charge is -2.32. The van der Waals surface area contributed by atoms with E-state index in [0.717, 1.165) is 73.1 Å². The summed E-state index contributed by atoms with van der Waals surface area (Å²) in [6.07, 6.45) is 5.49. The summed E-state index contributed by atoms with van der Waals surface area (Å²) in [6, 6.07) is 8.41. The largest absolute Gasteiger partial charge is 0.508 e. The van der Waals surface area contributed by atoms with Crippen LogP contribution in [0.15, 0.2) is 48.5 Å². The molecule has 0 radical (unpaired) electrons. The molecule has 2 aliphatic heterocycles. The fraction of sp³-hybridized carbons (Fsp3) is 0.310. The Kier molecular flexibility index (Phi) is 6.28. The number of nitrogens with zero attached hydrogens (tertiary/aromatic N) is 5. The van der Waals surface area contributed by atoms with Crippen LogP contribution in [0.2, 0.25) is 0 Å². The minimum atomic E-state index is -0.444. The van der Waals surface area contributed by atoms with E-state index < -0.39 is 5.78 Å². The number of aromatic hydroxyl groups is 2. The molecule has 0 spiro atoms. The van der Waals surface area contributed by atoms with E-state index in [0.29, 0.717) is 5.75 Å². The quantitative estimate of drug-likeness (QED) is 0.367. The Bertz CT molecular complexity index is 1610. The number of piperazine rings is 1. The molecule has 2 aromatic heterocycles. The van der Waals surface area contributed by atoms with E-state index in [-0.39, 0.29) is 28.6 Å². The van der Waals surface area contributed by atoms with E-state index in [1.165, 1.54) is 6.07 Å². The van der Waals surface area contributed by atoms with Gasteiger partial charge in [-0.25, -0.2) is 0 Å². The normalized spacial score (nSPS) is 17.2. The Hall–Kier alpha value is -4.28. The van der Waals surface area contributed by atoms with Crippen LogP contribution in [0.5, 0.6) is 23.0 Å². The van der Waals surface area contributed by atoms with Crippen molar-refractivity contribution in [1.29, 1.82) is 0 Å². The van der Waals surface area contributed by atoms with Crippen LogP contribution in [0.1, 0.15) is 15.9 Å². The van der Waals surface area contributed by atoms with E-state index in [4.69, 9.17) is 9.47 Å². The number of carbonyl (C=O) groups excluding carboxylic acids is 1. The molecule has 6 rings (SSSR count). The zero-order valence-electron chi connectivity index (χ0n) is 22.2. The molecule has 0 aliphatic carbocycles. The number of aromatic nitrogens is 3. The van der Waals surface area contributed by atoms with Gasteiger partial charge in [-0.05, 0) is 31.3 Å². The molecule has 4 heterocycles. The molecule has 0 amide bonds. The SMILES string of the molecule is COc1ccc2c(c1)c(C=C1Oc3cc(O)cc(O)c3C1=O)c(-c1cnn(C)c1)n2CCN1CCN(C)CC1. The van der Waals surface area contributed by atoms with Gasteiger partial charge in [-0.1, -0.05) is 0 Å². The molecular weight excluding hydrogens is 498 g/mol. The van der Waals surface area contributed by atoms with Crippen LogP contribution in [-0.2, 0) is 13.6 Å². The Morgan fingerprint density at radius 2 is 1.87 bits per heavy atom. The summed E-state index contributed by atoms with van der Waals surface area (Å²) in [5.74, 6) is -0.0507. The van der Waals surface area contributed by atoms with Gasteiger partial charge < -0.3 is 29.2 Å². The molecule has 2 N–H and O–H groups in total. The second-order valence-electron chi connectivity index (χ2n) is 10.1. The number of aryl methyl sites for hydroxylation is 1. The maximum atomic E-state index is 13.3. The standard InChI is InChI=1S/C29H31N5O5/c1-31-6-8-33(9-7-31)10-11-34-23-5-4-20(38-3)14-21(23)22(28(34)18-16-30-32(2)17-18)15-26-29(37)27-24(36)12-19(35)13-25(27)39-26/h4-5,12-17,35-36H,6-11H2,1-3H3. The second-order valence-corrected chi connectivity index (χ2v) is 10.1.